The second-order valence-electron chi connectivity index (χ2n) is 5.04. The van der Waals surface area contributed by atoms with Crippen LogP contribution in [0.3, 0.4) is 0 Å². The van der Waals surface area contributed by atoms with E-state index in [1.807, 2.05) is 0 Å². The molecule has 0 bridgehead atoms. The fourth-order valence-electron chi connectivity index (χ4n) is 2.63. The molecule has 2 unspecified atom stereocenters. The van der Waals surface area contributed by atoms with Gasteiger partial charge in [-0.2, -0.15) is 0 Å². The Morgan fingerprint density at radius 1 is 1.44 bits per heavy atom. The van der Waals surface area contributed by atoms with Gasteiger partial charge in [0.05, 0.1) is 0 Å². The quantitative estimate of drug-likeness (QED) is 0.663. The monoisotopic (exact) mass is 313 g/mol. The molecule has 1 heterocycles. The number of halogens is 1. The van der Waals surface area contributed by atoms with E-state index in [-0.39, 0.29) is 0 Å². The minimum absolute atomic E-state index is 0.547. The van der Waals surface area contributed by atoms with Gasteiger partial charge < -0.3 is 10.3 Å². The lowest BCUT2D eigenvalue weighted by molar-refractivity contribution is 0.335. The van der Waals surface area contributed by atoms with Gasteiger partial charge in [-0.3, -0.25) is 0 Å². The molecule has 5 nitrogen and oxygen atoms in total. The Morgan fingerprint density at radius 3 is 2.89 bits per heavy atom. The molecule has 18 heavy (non-hydrogen) atoms. The third kappa shape index (κ3) is 2.75. The third-order valence-corrected chi connectivity index (χ3v) is 4.43. The van der Waals surface area contributed by atoms with Crippen molar-refractivity contribution in [1.29, 1.82) is 0 Å². The summed E-state index contributed by atoms with van der Waals surface area (Å²) in [5.41, 5.74) is 2.58. The topological polar surface area (TPSA) is 67.1 Å². The Bertz CT molecular complexity index is 411. The molecule has 1 fully saturated rings. The van der Waals surface area contributed by atoms with E-state index in [2.05, 4.69) is 50.2 Å². The maximum atomic E-state index is 5.43. The smallest absolute Gasteiger partial charge is 0.159 e. The standard InChI is InChI=1S/C12H20BrN5/c1-8-4-3-5-9(6-8)18(2)12-10(13)11(17-14)15-7-16-12/h7-9H,3-6,14H2,1-2H3,(H,15,16,17). The van der Waals surface area contributed by atoms with Crippen LogP contribution < -0.4 is 16.2 Å². The maximum Gasteiger partial charge on any atom is 0.159 e. The molecule has 1 aromatic rings. The number of anilines is 2. The van der Waals surface area contributed by atoms with Crippen molar-refractivity contribution in [3.05, 3.63) is 10.8 Å². The van der Waals surface area contributed by atoms with E-state index >= 15 is 0 Å². The predicted octanol–water partition coefficient (Wildman–Crippen LogP) is 2.54. The van der Waals surface area contributed by atoms with Gasteiger partial charge in [-0.05, 0) is 34.7 Å². The van der Waals surface area contributed by atoms with Crippen molar-refractivity contribution in [2.45, 2.75) is 38.6 Å². The average Bonchev–Trinajstić information content (AvgIpc) is 2.38. The molecule has 6 heteroatoms. The SMILES string of the molecule is CC1CCCC(N(C)c2ncnc(NN)c2Br)C1. The lowest BCUT2D eigenvalue weighted by Crippen LogP contribution is -2.36. The second-order valence-corrected chi connectivity index (χ2v) is 5.83. The molecule has 2 atom stereocenters. The molecule has 0 aliphatic heterocycles. The van der Waals surface area contributed by atoms with Crippen LogP contribution in [-0.4, -0.2) is 23.1 Å². The van der Waals surface area contributed by atoms with Crippen molar-refractivity contribution in [1.82, 2.24) is 9.97 Å². The molecule has 3 N–H and O–H groups in total. The van der Waals surface area contributed by atoms with Gasteiger partial charge in [0.25, 0.3) is 0 Å². The molecule has 1 aliphatic rings. The maximum absolute atomic E-state index is 5.43. The molecular weight excluding hydrogens is 294 g/mol. The van der Waals surface area contributed by atoms with Crippen LogP contribution in [0.4, 0.5) is 11.6 Å². The normalized spacial score (nSPS) is 23.8. The lowest BCUT2D eigenvalue weighted by Gasteiger charge is -2.35. The Morgan fingerprint density at radius 2 is 2.22 bits per heavy atom. The first-order valence-electron chi connectivity index (χ1n) is 6.33. The number of nitrogens with two attached hydrogens (primary N) is 1. The first-order chi connectivity index (χ1) is 8.63. The van der Waals surface area contributed by atoms with E-state index < -0.39 is 0 Å². The lowest BCUT2D eigenvalue weighted by atomic mass is 9.86. The first kappa shape index (κ1) is 13.5. The minimum Gasteiger partial charge on any atom is -0.356 e. The van der Waals surface area contributed by atoms with Crippen LogP contribution in [0, 0.1) is 5.92 Å². The highest BCUT2D eigenvalue weighted by molar-refractivity contribution is 9.10. The Labute approximate surface area is 116 Å². The zero-order valence-corrected chi connectivity index (χ0v) is 12.4. The Kier molecular flexibility index (Phi) is 4.40. The highest BCUT2D eigenvalue weighted by atomic mass is 79.9. The van der Waals surface area contributed by atoms with Gasteiger partial charge in [0.15, 0.2) is 5.82 Å². The molecule has 0 saturated heterocycles. The summed E-state index contributed by atoms with van der Waals surface area (Å²) in [5, 5.41) is 0. The van der Waals surface area contributed by atoms with E-state index in [4.69, 9.17) is 5.84 Å². The van der Waals surface area contributed by atoms with Crippen molar-refractivity contribution in [2.24, 2.45) is 11.8 Å². The molecule has 1 aliphatic carbocycles. The molecule has 0 aromatic carbocycles. The number of nitrogens with one attached hydrogen (secondary N) is 1. The molecule has 2 rings (SSSR count). The van der Waals surface area contributed by atoms with Crippen LogP contribution in [0.15, 0.2) is 10.8 Å². The molecule has 0 radical (unpaired) electrons. The number of nitrogen functional groups attached to an aromatic ring is 1. The Hall–Kier alpha value is -0.880. The number of aromatic nitrogens is 2. The van der Waals surface area contributed by atoms with E-state index in [0.717, 1.165) is 16.2 Å². The third-order valence-electron chi connectivity index (χ3n) is 3.70. The zero-order chi connectivity index (χ0) is 13.1. The minimum atomic E-state index is 0.547. The van der Waals surface area contributed by atoms with Crippen LogP contribution in [-0.2, 0) is 0 Å². The number of hydrazine groups is 1. The number of hydrogen-bond donors (Lipinski definition) is 2. The van der Waals surface area contributed by atoms with Crippen molar-refractivity contribution in [3.63, 3.8) is 0 Å². The summed E-state index contributed by atoms with van der Waals surface area (Å²) in [6, 6.07) is 0.547. The van der Waals surface area contributed by atoms with Crippen LogP contribution in [0.5, 0.6) is 0 Å². The number of nitrogens with zero attached hydrogens (tertiary/aromatic N) is 3. The van der Waals surface area contributed by atoms with Crippen LogP contribution in [0.2, 0.25) is 0 Å². The van der Waals surface area contributed by atoms with Gasteiger partial charge in [-0.15, -0.1) is 0 Å². The molecule has 100 valence electrons. The summed E-state index contributed by atoms with van der Waals surface area (Å²) in [6.45, 7) is 2.32. The zero-order valence-electron chi connectivity index (χ0n) is 10.9. The summed E-state index contributed by atoms with van der Waals surface area (Å²) in [7, 11) is 2.09. The first-order valence-corrected chi connectivity index (χ1v) is 7.12. The van der Waals surface area contributed by atoms with Crippen molar-refractivity contribution in [3.8, 4) is 0 Å². The van der Waals surface area contributed by atoms with Gasteiger partial charge in [-0.1, -0.05) is 19.8 Å². The van der Waals surface area contributed by atoms with E-state index in [1.165, 1.54) is 32.0 Å². The summed E-state index contributed by atoms with van der Waals surface area (Å²) >= 11 is 3.51. The van der Waals surface area contributed by atoms with Crippen molar-refractivity contribution < 1.29 is 0 Å². The van der Waals surface area contributed by atoms with Gasteiger partial charge >= 0.3 is 0 Å². The van der Waals surface area contributed by atoms with Crippen LogP contribution in [0.1, 0.15) is 32.6 Å². The fraction of sp³-hybridized carbons (Fsp3) is 0.667. The largest absolute Gasteiger partial charge is 0.356 e. The molecule has 0 amide bonds. The Balaban J connectivity index is 2.20. The average molecular weight is 314 g/mol. The number of rotatable bonds is 3. The second kappa shape index (κ2) is 5.84. The van der Waals surface area contributed by atoms with Crippen molar-refractivity contribution >= 4 is 27.6 Å². The summed E-state index contributed by atoms with van der Waals surface area (Å²) in [5.74, 6) is 7.74. The van der Waals surface area contributed by atoms with Gasteiger partial charge in [0, 0.05) is 13.1 Å². The highest BCUT2D eigenvalue weighted by Crippen LogP contribution is 2.33. The van der Waals surface area contributed by atoms with Crippen LogP contribution >= 0.6 is 15.9 Å². The number of hydrogen-bond acceptors (Lipinski definition) is 5. The van der Waals surface area contributed by atoms with E-state index in [1.54, 1.807) is 0 Å². The molecule has 1 saturated carbocycles. The predicted molar refractivity (Wildman–Crippen MR) is 77.4 cm³/mol. The van der Waals surface area contributed by atoms with E-state index in [0.29, 0.717) is 11.9 Å². The molecular formula is C12H20BrN5. The van der Waals surface area contributed by atoms with Crippen LogP contribution in [0.25, 0.3) is 0 Å². The van der Waals surface area contributed by atoms with Gasteiger partial charge in [0.2, 0.25) is 0 Å². The summed E-state index contributed by atoms with van der Waals surface area (Å²) in [4.78, 5) is 10.7. The van der Waals surface area contributed by atoms with Gasteiger partial charge in [0.1, 0.15) is 16.6 Å². The summed E-state index contributed by atoms with van der Waals surface area (Å²) < 4.78 is 0.827. The summed E-state index contributed by atoms with van der Waals surface area (Å²) in [6.07, 6.45) is 6.62. The molecule has 0 spiro atoms. The highest BCUT2D eigenvalue weighted by Gasteiger charge is 2.25. The van der Waals surface area contributed by atoms with Crippen molar-refractivity contribution in [2.75, 3.05) is 17.4 Å². The van der Waals surface area contributed by atoms with Gasteiger partial charge in [-0.25, -0.2) is 15.8 Å². The van der Waals surface area contributed by atoms with E-state index in [9.17, 15) is 0 Å². The fourth-order valence-corrected chi connectivity index (χ4v) is 3.23. The molecule has 1 aromatic heterocycles.